The Bertz CT molecular complexity index is 462. The van der Waals surface area contributed by atoms with Gasteiger partial charge in [0.05, 0.1) is 6.61 Å². The van der Waals surface area contributed by atoms with Crippen molar-refractivity contribution in [3.05, 3.63) is 28.2 Å². The number of rotatable bonds is 8. The van der Waals surface area contributed by atoms with Crippen LogP contribution in [0.2, 0.25) is 0 Å². The Kier molecular flexibility index (Phi) is 7.75. The molecule has 1 aromatic rings. The third-order valence-electron chi connectivity index (χ3n) is 3.02. The van der Waals surface area contributed by atoms with E-state index in [0.29, 0.717) is 19.1 Å². The van der Waals surface area contributed by atoms with Crippen molar-refractivity contribution in [1.82, 2.24) is 10.2 Å². The van der Waals surface area contributed by atoms with Crippen molar-refractivity contribution in [2.45, 2.75) is 39.3 Å². The predicted octanol–water partition coefficient (Wildman–Crippen LogP) is 3.19. The minimum Gasteiger partial charge on any atom is -0.494 e. The molecule has 0 saturated heterocycles. The first-order valence-corrected chi connectivity index (χ1v) is 8.04. The predicted molar refractivity (Wildman–Crippen MR) is 89.5 cm³/mol. The standard InChI is InChI=1S/C16H25BrN2O2/c1-12(2)18-11-13-10-14(7-8-15(13)17)21-9-5-6-16(20)19(3)4/h7-8,10,12,18H,5-6,9,11H2,1-4H3. The second-order valence-corrected chi connectivity index (χ2v) is 6.38. The number of hydrogen-bond donors (Lipinski definition) is 1. The molecule has 0 aliphatic heterocycles. The quantitative estimate of drug-likeness (QED) is 0.727. The van der Waals surface area contributed by atoms with E-state index in [2.05, 4.69) is 35.1 Å². The zero-order valence-corrected chi connectivity index (χ0v) is 14.9. The summed E-state index contributed by atoms with van der Waals surface area (Å²) in [4.78, 5) is 13.1. The molecule has 0 radical (unpaired) electrons. The van der Waals surface area contributed by atoms with Crippen LogP contribution in [0.1, 0.15) is 32.3 Å². The lowest BCUT2D eigenvalue weighted by atomic mass is 10.2. The molecule has 0 unspecified atom stereocenters. The number of benzene rings is 1. The number of nitrogens with one attached hydrogen (secondary N) is 1. The van der Waals surface area contributed by atoms with Crippen LogP contribution in [-0.2, 0) is 11.3 Å². The van der Waals surface area contributed by atoms with Crippen molar-refractivity contribution in [3.8, 4) is 5.75 Å². The van der Waals surface area contributed by atoms with Crippen LogP contribution in [0.5, 0.6) is 5.75 Å². The van der Waals surface area contributed by atoms with Crippen LogP contribution in [0.25, 0.3) is 0 Å². The third kappa shape index (κ3) is 6.96. The number of nitrogens with zero attached hydrogens (tertiary/aromatic N) is 1. The topological polar surface area (TPSA) is 41.6 Å². The summed E-state index contributed by atoms with van der Waals surface area (Å²) < 4.78 is 6.79. The highest BCUT2D eigenvalue weighted by molar-refractivity contribution is 9.10. The number of hydrogen-bond acceptors (Lipinski definition) is 3. The first-order chi connectivity index (χ1) is 9.90. The highest BCUT2D eigenvalue weighted by atomic mass is 79.9. The van der Waals surface area contributed by atoms with E-state index >= 15 is 0 Å². The number of ether oxygens (including phenoxy) is 1. The van der Waals surface area contributed by atoms with E-state index in [4.69, 9.17) is 4.74 Å². The largest absolute Gasteiger partial charge is 0.494 e. The van der Waals surface area contributed by atoms with Gasteiger partial charge in [0.1, 0.15) is 5.75 Å². The van der Waals surface area contributed by atoms with Gasteiger partial charge in [0.25, 0.3) is 0 Å². The Morgan fingerprint density at radius 3 is 2.71 bits per heavy atom. The minimum absolute atomic E-state index is 0.135. The molecule has 1 amide bonds. The summed E-state index contributed by atoms with van der Waals surface area (Å²) in [5, 5.41) is 3.39. The van der Waals surface area contributed by atoms with Crippen LogP contribution in [0.4, 0.5) is 0 Å². The fourth-order valence-corrected chi connectivity index (χ4v) is 2.11. The van der Waals surface area contributed by atoms with E-state index in [9.17, 15) is 4.79 Å². The van der Waals surface area contributed by atoms with Crippen molar-refractivity contribution >= 4 is 21.8 Å². The molecule has 1 aromatic carbocycles. The molecule has 1 N–H and O–H groups in total. The van der Waals surface area contributed by atoms with E-state index in [-0.39, 0.29) is 5.91 Å². The maximum atomic E-state index is 11.5. The van der Waals surface area contributed by atoms with E-state index in [1.54, 1.807) is 19.0 Å². The molecule has 0 heterocycles. The average Bonchev–Trinajstić information content (AvgIpc) is 2.43. The molecule has 0 aliphatic rings. The molecule has 5 heteroatoms. The van der Waals surface area contributed by atoms with Crippen LogP contribution in [0.3, 0.4) is 0 Å². The van der Waals surface area contributed by atoms with Crippen molar-refractivity contribution in [3.63, 3.8) is 0 Å². The first-order valence-electron chi connectivity index (χ1n) is 7.25. The van der Waals surface area contributed by atoms with Gasteiger partial charge in [-0.3, -0.25) is 4.79 Å². The highest BCUT2D eigenvalue weighted by Gasteiger charge is 2.05. The van der Waals surface area contributed by atoms with Gasteiger partial charge in [0.15, 0.2) is 0 Å². The summed E-state index contributed by atoms with van der Waals surface area (Å²) in [5.41, 5.74) is 1.17. The molecular weight excluding hydrogens is 332 g/mol. The first kappa shape index (κ1) is 18.0. The van der Waals surface area contributed by atoms with Crippen molar-refractivity contribution in [2.24, 2.45) is 0 Å². The van der Waals surface area contributed by atoms with Crippen LogP contribution >= 0.6 is 15.9 Å². The monoisotopic (exact) mass is 356 g/mol. The van der Waals surface area contributed by atoms with Crippen LogP contribution < -0.4 is 10.1 Å². The lowest BCUT2D eigenvalue weighted by Crippen LogP contribution is -2.22. The Balaban J connectivity index is 2.45. The molecule has 0 spiro atoms. The molecule has 0 aromatic heterocycles. The summed E-state index contributed by atoms with van der Waals surface area (Å²) >= 11 is 3.55. The number of carbonyl (C=O) groups excluding carboxylic acids is 1. The van der Waals surface area contributed by atoms with E-state index in [1.807, 2.05) is 18.2 Å². The van der Waals surface area contributed by atoms with Gasteiger partial charge in [-0.2, -0.15) is 0 Å². The highest BCUT2D eigenvalue weighted by Crippen LogP contribution is 2.23. The van der Waals surface area contributed by atoms with Gasteiger partial charge in [0.2, 0.25) is 5.91 Å². The van der Waals surface area contributed by atoms with Crippen molar-refractivity contribution in [2.75, 3.05) is 20.7 Å². The SMILES string of the molecule is CC(C)NCc1cc(OCCCC(=O)N(C)C)ccc1Br. The van der Waals surface area contributed by atoms with Crippen molar-refractivity contribution < 1.29 is 9.53 Å². The molecule has 21 heavy (non-hydrogen) atoms. The lowest BCUT2D eigenvalue weighted by Gasteiger charge is -2.13. The summed E-state index contributed by atoms with van der Waals surface area (Å²) in [6, 6.07) is 6.42. The van der Waals surface area contributed by atoms with Gasteiger partial charge in [-0.05, 0) is 30.2 Å². The fourth-order valence-electron chi connectivity index (χ4n) is 1.73. The van der Waals surface area contributed by atoms with Gasteiger partial charge < -0.3 is 15.0 Å². The van der Waals surface area contributed by atoms with E-state index < -0.39 is 0 Å². The number of amides is 1. The molecule has 0 fully saturated rings. The summed E-state index contributed by atoms with van der Waals surface area (Å²) in [5.74, 6) is 0.979. The van der Waals surface area contributed by atoms with Gasteiger partial charge in [-0.15, -0.1) is 0 Å². The van der Waals surface area contributed by atoms with E-state index in [0.717, 1.165) is 23.2 Å². The second-order valence-electron chi connectivity index (χ2n) is 5.53. The van der Waals surface area contributed by atoms with Gasteiger partial charge in [-0.25, -0.2) is 0 Å². The molecule has 0 aliphatic carbocycles. The minimum atomic E-state index is 0.135. The molecule has 1 rings (SSSR count). The lowest BCUT2D eigenvalue weighted by molar-refractivity contribution is -0.128. The number of halogens is 1. The molecule has 118 valence electrons. The molecular formula is C16H25BrN2O2. The van der Waals surface area contributed by atoms with Gasteiger partial charge in [0, 0.05) is 37.6 Å². The van der Waals surface area contributed by atoms with Crippen LogP contribution in [-0.4, -0.2) is 37.6 Å². The molecule has 0 atom stereocenters. The summed E-state index contributed by atoms with van der Waals surface area (Å²) in [7, 11) is 3.54. The molecule has 4 nitrogen and oxygen atoms in total. The van der Waals surface area contributed by atoms with Crippen LogP contribution in [0, 0.1) is 0 Å². The van der Waals surface area contributed by atoms with Crippen molar-refractivity contribution in [1.29, 1.82) is 0 Å². The van der Waals surface area contributed by atoms with E-state index in [1.165, 1.54) is 5.56 Å². The zero-order valence-electron chi connectivity index (χ0n) is 13.3. The number of carbonyl (C=O) groups is 1. The van der Waals surface area contributed by atoms with Gasteiger partial charge >= 0.3 is 0 Å². The molecule has 0 saturated carbocycles. The summed E-state index contributed by atoms with van der Waals surface area (Å²) in [6.45, 7) is 5.60. The smallest absolute Gasteiger partial charge is 0.222 e. The Morgan fingerprint density at radius 1 is 1.38 bits per heavy atom. The Hall–Kier alpha value is -1.07. The van der Waals surface area contributed by atoms with Gasteiger partial charge in [-0.1, -0.05) is 29.8 Å². The Labute approximate surface area is 136 Å². The average molecular weight is 357 g/mol. The second kappa shape index (κ2) is 9.05. The maximum absolute atomic E-state index is 11.5. The fraction of sp³-hybridized carbons (Fsp3) is 0.562. The maximum Gasteiger partial charge on any atom is 0.222 e. The third-order valence-corrected chi connectivity index (χ3v) is 3.79. The molecule has 0 bridgehead atoms. The zero-order chi connectivity index (χ0) is 15.8. The Morgan fingerprint density at radius 2 is 2.10 bits per heavy atom. The van der Waals surface area contributed by atoms with Crippen LogP contribution in [0.15, 0.2) is 22.7 Å². The normalized spacial score (nSPS) is 10.8. The summed E-state index contributed by atoms with van der Waals surface area (Å²) in [6.07, 6.45) is 1.25.